The minimum atomic E-state index is 0.455. The zero-order valence-corrected chi connectivity index (χ0v) is 23.8. The number of ether oxygens (including phenoxy) is 4. The van der Waals surface area contributed by atoms with Gasteiger partial charge in [0.2, 0.25) is 0 Å². The summed E-state index contributed by atoms with van der Waals surface area (Å²) >= 11 is 0. The van der Waals surface area contributed by atoms with E-state index >= 15 is 0 Å². The van der Waals surface area contributed by atoms with Gasteiger partial charge in [-0.3, -0.25) is 9.97 Å². The van der Waals surface area contributed by atoms with Gasteiger partial charge in [-0.15, -0.1) is 0 Å². The third-order valence-electron chi connectivity index (χ3n) is 6.32. The van der Waals surface area contributed by atoms with Crippen LogP contribution >= 0.6 is 0 Å². The lowest BCUT2D eigenvalue weighted by molar-refractivity contribution is 0.278. The number of rotatable bonds is 18. The molecule has 0 bridgehead atoms. The van der Waals surface area contributed by atoms with Crippen LogP contribution in [0.1, 0.15) is 22.5 Å². The molecule has 4 aromatic rings. The third-order valence-corrected chi connectivity index (χ3v) is 6.32. The van der Waals surface area contributed by atoms with E-state index in [2.05, 4.69) is 25.9 Å². The monoisotopic (exact) mass is 557 g/mol. The van der Waals surface area contributed by atoms with Crippen LogP contribution in [0.4, 0.5) is 0 Å². The summed E-state index contributed by atoms with van der Waals surface area (Å²) in [7, 11) is 3.28. The quantitative estimate of drug-likeness (QED) is 0.156. The molecule has 0 spiro atoms. The van der Waals surface area contributed by atoms with Crippen LogP contribution in [0, 0.1) is 0 Å². The maximum absolute atomic E-state index is 6.09. The number of aromatic nitrogens is 2. The normalized spacial score (nSPS) is 10.8. The average molecular weight is 558 g/mol. The molecule has 0 atom stereocenters. The molecule has 41 heavy (non-hydrogen) atoms. The summed E-state index contributed by atoms with van der Waals surface area (Å²) < 4.78 is 23.2. The Hall–Kier alpha value is -4.18. The minimum Gasteiger partial charge on any atom is -0.493 e. The van der Waals surface area contributed by atoms with Crippen LogP contribution in [-0.2, 0) is 26.3 Å². The van der Waals surface area contributed by atoms with E-state index in [0.717, 1.165) is 48.7 Å². The lowest BCUT2D eigenvalue weighted by atomic mass is 10.2. The molecule has 0 aliphatic rings. The summed E-state index contributed by atoms with van der Waals surface area (Å²) in [6.45, 7) is 5.26. The van der Waals surface area contributed by atoms with Gasteiger partial charge in [-0.05, 0) is 11.1 Å². The maximum Gasteiger partial charge on any atom is 0.184 e. The van der Waals surface area contributed by atoms with Gasteiger partial charge >= 0.3 is 0 Å². The van der Waals surface area contributed by atoms with Crippen LogP contribution in [0.25, 0.3) is 0 Å². The molecule has 4 rings (SSSR count). The highest BCUT2D eigenvalue weighted by Gasteiger charge is 2.13. The highest BCUT2D eigenvalue weighted by molar-refractivity contribution is 5.43. The Bertz CT molecular complexity index is 1210. The molecule has 2 aromatic carbocycles. The molecule has 0 saturated carbocycles. The van der Waals surface area contributed by atoms with E-state index in [0.29, 0.717) is 49.3 Å². The molecule has 2 aromatic heterocycles. The first kappa shape index (κ1) is 29.8. The fraction of sp³-hybridized carbons (Fsp3) is 0.312. The Labute approximate surface area is 242 Å². The smallest absolute Gasteiger partial charge is 0.184 e. The molecule has 0 aliphatic heterocycles. The van der Waals surface area contributed by atoms with Gasteiger partial charge in [-0.2, -0.15) is 0 Å². The molecule has 216 valence electrons. The van der Waals surface area contributed by atoms with E-state index in [1.165, 1.54) is 0 Å². The molecule has 0 fully saturated rings. The first-order valence-corrected chi connectivity index (χ1v) is 13.8. The van der Waals surface area contributed by atoms with Gasteiger partial charge in [0.05, 0.1) is 25.6 Å². The van der Waals surface area contributed by atoms with Gasteiger partial charge in [0.15, 0.2) is 23.0 Å². The average Bonchev–Trinajstić information content (AvgIpc) is 3.03. The second-order valence-electron chi connectivity index (χ2n) is 9.23. The van der Waals surface area contributed by atoms with Crippen molar-refractivity contribution in [2.75, 3.05) is 40.4 Å². The highest BCUT2D eigenvalue weighted by Crippen LogP contribution is 2.31. The molecule has 0 saturated heterocycles. The number of pyridine rings is 2. The molecule has 3 N–H and O–H groups in total. The van der Waals surface area contributed by atoms with Crippen LogP contribution < -0.4 is 34.9 Å². The number of nitrogens with zero attached hydrogens (tertiary/aromatic N) is 2. The van der Waals surface area contributed by atoms with Crippen LogP contribution in [0.15, 0.2) is 85.2 Å². The van der Waals surface area contributed by atoms with Crippen LogP contribution in [-0.4, -0.2) is 50.4 Å². The zero-order chi connectivity index (χ0) is 28.5. The summed E-state index contributed by atoms with van der Waals surface area (Å²) in [4.78, 5) is 9.03. The lowest BCUT2D eigenvalue weighted by Gasteiger charge is -2.15. The highest BCUT2D eigenvalue weighted by atomic mass is 16.5. The second kappa shape index (κ2) is 16.8. The fourth-order valence-electron chi connectivity index (χ4n) is 4.18. The standard InChI is InChI=1S/C32H39N5O4/c1-38-29-13-15-36-27(31(29)40-23-25-9-5-3-6-10-25)21-34-19-17-33-18-20-35-22-28-32(30(39-2)14-16-37-28)41-24-26-11-7-4-8-12-26/h3-16,33-35H,17-24H2,1-2H3. The number of benzene rings is 2. The van der Waals surface area contributed by atoms with Crippen LogP contribution in [0.5, 0.6) is 23.0 Å². The van der Waals surface area contributed by atoms with Crippen molar-refractivity contribution in [1.29, 1.82) is 0 Å². The van der Waals surface area contributed by atoms with Gasteiger partial charge in [0.1, 0.15) is 13.2 Å². The van der Waals surface area contributed by atoms with E-state index < -0.39 is 0 Å². The van der Waals surface area contributed by atoms with E-state index in [4.69, 9.17) is 18.9 Å². The number of hydrogen-bond donors (Lipinski definition) is 3. The summed E-state index contributed by atoms with van der Waals surface area (Å²) in [5.41, 5.74) is 3.82. The molecular formula is C32H39N5O4. The SMILES string of the molecule is COc1ccnc(CNCCNCCNCc2nccc(OC)c2OCc2ccccc2)c1OCc1ccccc1. The first-order chi connectivity index (χ1) is 20.3. The van der Waals surface area contributed by atoms with Crippen molar-refractivity contribution < 1.29 is 18.9 Å². The van der Waals surface area contributed by atoms with E-state index in [9.17, 15) is 0 Å². The molecule has 0 amide bonds. The van der Waals surface area contributed by atoms with E-state index in [-0.39, 0.29) is 0 Å². The zero-order valence-electron chi connectivity index (χ0n) is 23.8. The predicted octanol–water partition coefficient (Wildman–Crippen LogP) is 4.12. The number of nitrogens with one attached hydrogen (secondary N) is 3. The molecule has 9 heteroatoms. The van der Waals surface area contributed by atoms with Gasteiger partial charge < -0.3 is 34.9 Å². The molecule has 2 heterocycles. The van der Waals surface area contributed by atoms with Gasteiger partial charge in [0, 0.05) is 63.8 Å². The Morgan fingerprint density at radius 2 is 0.951 bits per heavy atom. The van der Waals surface area contributed by atoms with E-state index in [1.54, 1.807) is 26.6 Å². The maximum atomic E-state index is 6.09. The van der Waals surface area contributed by atoms with Crippen molar-refractivity contribution in [2.24, 2.45) is 0 Å². The van der Waals surface area contributed by atoms with Crippen molar-refractivity contribution in [3.8, 4) is 23.0 Å². The molecule has 0 aliphatic carbocycles. The summed E-state index contributed by atoms with van der Waals surface area (Å²) in [5.74, 6) is 2.69. The molecule has 0 unspecified atom stereocenters. The molecule has 0 radical (unpaired) electrons. The van der Waals surface area contributed by atoms with Crippen LogP contribution in [0.2, 0.25) is 0 Å². The third kappa shape index (κ3) is 9.46. The Morgan fingerprint density at radius 1 is 0.537 bits per heavy atom. The largest absolute Gasteiger partial charge is 0.493 e. The number of methoxy groups -OCH3 is 2. The van der Waals surface area contributed by atoms with Crippen LogP contribution in [0.3, 0.4) is 0 Å². The summed E-state index contributed by atoms with van der Waals surface area (Å²) in [5, 5.41) is 10.3. The van der Waals surface area contributed by atoms with Crippen molar-refractivity contribution in [2.45, 2.75) is 26.3 Å². The predicted molar refractivity (Wildman–Crippen MR) is 159 cm³/mol. The van der Waals surface area contributed by atoms with E-state index in [1.807, 2.05) is 72.8 Å². The fourth-order valence-corrected chi connectivity index (χ4v) is 4.18. The Balaban J connectivity index is 1.16. The van der Waals surface area contributed by atoms with Crippen molar-refractivity contribution in [1.82, 2.24) is 25.9 Å². The number of hydrogen-bond acceptors (Lipinski definition) is 9. The minimum absolute atomic E-state index is 0.455. The Morgan fingerprint density at radius 3 is 1.37 bits per heavy atom. The summed E-state index contributed by atoms with van der Waals surface area (Å²) in [6.07, 6.45) is 3.48. The van der Waals surface area contributed by atoms with Gasteiger partial charge in [-0.25, -0.2) is 0 Å². The second-order valence-corrected chi connectivity index (χ2v) is 9.23. The lowest BCUT2D eigenvalue weighted by Crippen LogP contribution is -2.32. The van der Waals surface area contributed by atoms with Crippen molar-refractivity contribution in [3.63, 3.8) is 0 Å². The molecular weight excluding hydrogens is 518 g/mol. The topological polar surface area (TPSA) is 98.8 Å². The Kier molecular flexibility index (Phi) is 12.2. The molecule has 9 nitrogen and oxygen atoms in total. The van der Waals surface area contributed by atoms with Crippen molar-refractivity contribution >= 4 is 0 Å². The van der Waals surface area contributed by atoms with Gasteiger partial charge in [0.25, 0.3) is 0 Å². The first-order valence-electron chi connectivity index (χ1n) is 13.8. The summed E-state index contributed by atoms with van der Waals surface area (Å²) in [6, 6.07) is 23.8. The van der Waals surface area contributed by atoms with Crippen molar-refractivity contribution in [3.05, 3.63) is 108 Å². The van der Waals surface area contributed by atoms with Gasteiger partial charge in [-0.1, -0.05) is 60.7 Å².